The first-order chi connectivity index (χ1) is 8.08. The third kappa shape index (κ3) is 3.66. The number of methoxy groups -OCH3 is 1. The van der Waals surface area contributed by atoms with Crippen LogP contribution in [0.4, 0.5) is 4.79 Å². The fourth-order valence-electron chi connectivity index (χ4n) is 1.67. The van der Waals surface area contributed by atoms with Gasteiger partial charge in [0.05, 0.1) is 7.11 Å². The molecule has 1 aromatic rings. The van der Waals surface area contributed by atoms with Crippen molar-refractivity contribution < 1.29 is 9.53 Å². The first-order valence-corrected chi connectivity index (χ1v) is 5.74. The van der Waals surface area contributed by atoms with Crippen LogP contribution in [0.5, 0.6) is 5.75 Å². The van der Waals surface area contributed by atoms with E-state index in [4.69, 9.17) is 10.5 Å². The smallest absolute Gasteiger partial charge is 0.314 e. The average molecular weight is 236 g/mol. The molecule has 1 aromatic carbocycles. The van der Waals surface area contributed by atoms with E-state index >= 15 is 0 Å². The van der Waals surface area contributed by atoms with Gasteiger partial charge in [0.25, 0.3) is 0 Å². The molecule has 0 fully saturated rings. The van der Waals surface area contributed by atoms with E-state index in [1.165, 1.54) is 16.0 Å². The van der Waals surface area contributed by atoms with Gasteiger partial charge in [0.2, 0.25) is 0 Å². The number of likely N-dealkylation sites (N-methyl/N-ethyl adjacent to an activating group) is 1. The zero-order valence-corrected chi connectivity index (χ0v) is 10.7. The van der Waals surface area contributed by atoms with Gasteiger partial charge < -0.3 is 15.4 Å². The lowest BCUT2D eigenvalue weighted by Gasteiger charge is -2.15. The number of carbonyl (C=O) groups is 1. The summed E-state index contributed by atoms with van der Waals surface area (Å²) in [5.74, 6) is 0.916. The fraction of sp³-hybridized carbons (Fsp3) is 0.462. The molecule has 0 spiro atoms. The molecule has 94 valence electrons. The van der Waals surface area contributed by atoms with Gasteiger partial charge >= 0.3 is 6.03 Å². The lowest BCUT2D eigenvalue weighted by atomic mass is 10.1. The third-order valence-electron chi connectivity index (χ3n) is 2.84. The summed E-state index contributed by atoms with van der Waals surface area (Å²) in [6.45, 7) is 2.72. The van der Waals surface area contributed by atoms with Crippen molar-refractivity contribution in [2.45, 2.75) is 19.8 Å². The van der Waals surface area contributed by atoms with Crippen LogP contribution < -0.4 is 10.5 Å². The molecule has 2 N–H and O–H groups in total. The van der Waals surface area contributed by atoms with E-state index in [0.717, 1.165) is 18.6 Å². The topological polar surface area (TPSA) is 55.6 Å². The molecule has 0 bridgehead atoms. The van der Waals surface area contributed by atoms with Gasteiger partial charge in [-0.3, -0.25) is 0 Å². The molecule has 0 aliphatic rings. The summed E-state index contributed by atoms with van der Waals surface area (Å²) < 4.78 is 5.27. The van der Waals surface area contributed by atoms with Crippen molar-refractivity contribution in [3.05, 3.63) is 29.3 Å². The molecule has 0 heterocycles. The van der Waals surface area contributed by atoms with E-state index in [2.05, 4.69) is 13.0 Å². The Labute approximate surface area is 102 Å². The number of hydrogen-bond acceptors (Lipinski definition) is 2. The number of amides is 2. The maximum Gasteiger partial charge on any atom is 0.314 e. The van der Waals surface area contributed by atoms with Gasteiger partial charge in [-0.2, -0.15) is 0 Å². The van der Waals surface area contributed by atoms with Crippen LogP contribution in [0.2, 0.25) is 0 Å². The second-order valence-corrected chi connectivity index (χ2v) is 4.01. The van der Waals surface area contributed by atoms with Crippen molar-refractivity contribution in [3.63, 3.8) is 0 Å². The van der Waals surface area contributed by atoms with Crippen LogP contribution in [0.15, 0.2) is 18.2 Å². The quantitative estimate of drug-likeness (QED) is 0.847. The maximum absolute atomic E-state index is 10.9. The van der Waals surface area contributed by atoms with Gasteiger partial charge in [-0.15, -0.1) is 0 Å². The van der Waals surface area contributed by atoms with Crippen molar-refractivity contribution in [1.29, 1.82) is 0 Å². The molecule has 17 heavy (non-hydrogen) atoms. The number of urea groups is 1. The molecule has 0 aliphatic heterocycles. The van der Waals surface area contributed by atoms with Crippen molar-refractivity contribution in [2.24, 2.45) is 5.73 Å². The molecule has 0 saturated carbocycles. The average Bonchev–Trinajstić information content (AvgIpc) is 2.35. The van der Waals surface area contributed by atoms with E-state index in [1.807, 2.05) is 12.1 Å². The molecule has 0 atom stereocenters. The molecule has 2 amide bonds. The van der Waals surface area contributed by atoms with E-state index in [0.29, 0.717) is 6.54 Å². The Morgan fingerprint density at radius 1 is 1.47 bits per heavy atom. The monoisotopic (exact) mass is 236 g/mol. The molecular weight excluding hydrogens is 216 g/mol. The van der Waals surface area contributed by atoms with Crippen LogP contribution in [-0.4, -0.2) is 31.6 Å². The highest BCUT2D eigenvalue weighted by Gasteiger charge is 2.05. The van der Waals surface area contributed by atoms with Crippen molar-refractivity contribution >= 4 is 6.03 Å². The van der Waals surface area contributed by atoms with Gasteiger partial charge in [0.15, 0.2) is 0 Å². The largest absolute Gasteiger partial charge is 0.496 e. The lowest BCUT2D eigenvalue weighted by Crippen LogP contribution is -2.33. The highest BCUT2D eigenvalue weighted by atomic mass is 16.5. The van der Waals surface area contributed by atoms with Crippen molar-refractivity contribution in [1.82, 2.24) is 4.90 Å². The number of nitrogens with zero attached hydrogens (tertiary/aromatic N) is 1. The first-order valence-electron chi connectivity index (χ1n) is 5.74. The lowest BCUT2D eigenvalue weighted by molar-refractivity contribution is 0.219. The van der Waals surface area contributed by atoms with Gasteiger partial charge in [0.1, 0.15) is 5.75 Å². The molecule has 0 radical (unpaired) electrons. The van der Waals surface area contributed by atoms with Crippen LogP contribution in [-0.2, 0) is 12.8 Å². The van der Waals surface area contributed by atoms with E-state index in [9.17, 15) is 4.79 Å². The second kappa shape index (κ2) is 6.13. The first kappa shape index (κ1) is 13.4. The van der Waals surface area contributed by atoms with Crippen molar-refractivity contribution in [2.75, 3.05) is 20.7 Å². The number of benzene rings is 1. The van der Waals surface area contributed by atoms with E-state index < -0.39 is 6.03 Å². The zero-order chi connectivity index (χ0) is 12.8. The predicted octanol–water partition coefficient (Wildman–Crippen LogP) is 1.81. The molecule has 4 heteroatoms. The van der Waals surface area contributed by atoms with Crippen molar-refractivity contribution in [3.8, 4) is 5.75 Å². The highest BCUT2D eigenvalue weighted by molar-refractivity contribution is 5.71. The van der Waals surface area contributed by atoms with Gasteiger partial charge in [0, 0.05) is 13.6 Å². The van der Waals surface area contributed by atoms with Gasteiger partial charge in [-0.05, 0) is 30.0 Å². The number of rotatable bonds is 5. The predicted molar refractivity (Wildman–Crippen MR) is 68.3 cm³/mol. The summed E-state index contributed by atoms with van der Waals surface area (Å²) in [5.41, 5.74) is 7.55. The molecule has 0 unspecified atom stereocenters. The summed E-state index contributed by atoms with van der Waals surface area (Å²) in [6, 6.07) is 5.72. The van der Waals surface area contributed by atoms with E-state index in [-0.39, 0.29) is 0 Å². The van der Waals surface area contributed by atoms with Crippen LogP contribution in [0.1, 0.15) is 18.1 Å². The zero-order valence-electron chi connectivity index (χ0n) is 10.7. The number of hydrogen-bond donors (Lipinski definition) is 1. The molecule has 0 saturated heterocycles. The third-order valence-corrected chi connectivity index (χ3v) is 2.84. The summed E-state index contributed by atoms with van der Waals surface area (Å²) >= 11 is 0. The number of nitrogens with two attached hydrogens (primary N) is 1. The van der Waals surface area contributed by atoms with E-state index in [1.54, 1.807) is 14.2 Å². The minimum absolute atomic E-state index is 0.394. The van der Waals surface area contributed by atoms with Crippen LogP contribution >= 0.6 is 0 Å². The Morgan fingerprint density at radius 3 is 2.71 bits per heavy atom. The number of carbonyl (C=O) groups excluding carboxylic acids is 1. The Balaban J connectivity index is 2.69. The Bertz CT molecular complexity index is 391. The molecule has 1 rings (SSSR count). The summed E-state index contributed by atoms with van der Waals surface area (Å²) in [4.78, 5) is 12.4. The molecule has 0 aliphatic carbocycles. The molecule has 4 nitrogen and oxygen atoms in total. The Hall–Kier alpha value is -1.71. The molecule has 0 aromatic heterocycles. The number of ether oxygens (including phenoxy) is 1. The number of aryl methyl sites for hydroxylation is 1. The standard InChI is InChI=1S/C13H20N2O2/c1-4-11-9-10(5-6-12(11)17-3)7-8-15(2)13(14)16/h5-6,9H,4,7-8H2,1-3H3,(H2,14,16). The number of primary amides is 1. The summed E-state index contributed by atoms with van der Waals surface area (Å²) in [5, 5.41) is 0. The van der Waals surface area contributed by atoms with Crippen LogP contribution in [0, 0.1) is 0 Å². The summed E-state index contributed by atoms with van der Waals surface area (Å²) in [7, 11) is 3.38. The minimum Gasteiger partial charge on any atom is -0.496 e. The van der Waals surface area contributed by atoms with Gasteiger partial charge in [-0.25, -0.2) is 4.79 Å². The highest BCUT2D eigenvalue weighted by Crippen LogP contribution is 2.20. The normalized spacial score (nSPS) is 10.1. The Kier molecular flexibility index (Phi) is 4.82. The molecular formula is C13H20N2O2. The minimum atomic E-state index is -0.394. The Morgan fingerprint density at radius 2 is 2.18 bits per heavy atom. The van der Waals surface area contributed by atoms with Crippen LogP contribution in [0.3, 0.4) is 0 Å². The second-order valence-electron chi connectivity index (χ2n) is 4.01. The van der Waals surface area contributed by atoms with Crippen LogP contribution in [0.25, 0.3) is 0 Å². The fourth-order valence-corrected chi connectivity index (χ4v) is 1.67. The summed E-state index contributed by atoms with van der Waals surface area (Å²) in [6.07, 6.45) is 1.74. The maximum atomic E-state index is 10.9. The SMILES string of the molecule is CCc1cc(CCN(C)C(N)=O)ccc1OC. The van der Waals surface area contributed by atoms with Gasteiger partial charge in [-0.1, -0.05) is 19.1 Å².